The number of allylic oxidation sites excluding steroid dienone is 5. The molecule has 0 saturated carbocycles. The van der Waals surface area contributed by atoms with Crippen molar-refractivity contribution in [3.8, 4) is 0 Å². The van der Waals surface area contributed by atoms with Crippen molar-refractivity contribution in [2.45, 2.75) is 0 Å². The molecule has 0 saturated heterocycles. The number of nitrogens with zero attached hydrogens (tertiary/aromatic N) is 1. The van der Waals surface area contributed by atoms with Crippen molar-refractivity contribution < 1.29 is 0 Å². The van der Waals surface area contributed by atoms with Gasteiger partial charge in [0.05, 0.1) is 5.71 Å². The Morgan fingerprint density at radius 3 is 2.82 bits per heavy atom. The van der Waals surface area contributed by atoms with E-state index in [1.807, 2.05) is 37.6 Å². The molecular formula is C8H11N3. The Morgan fingerprint density at radius 2 is 2.18 bits per heavy atom. The summed E-state index contributed by atoms with van der Waals surface area (Å²) in [5.74, 6) is 5.16. The monoisotopic (exact) mass is 149 g/mol. The maximum atomic E-state index is 5.16. The molecule has 0 aromatic rings. The van der Waals surface area contributed by atoms with Gasteiger partial charge in [0.25, 0.3) is 0 Å². The standard InChI is InChI=1S/C8H11N3/c1-10-6-7-4-2-3-5-8(7)11-9/h2-6,10H,9H2,1H3/b7-6-,11-8+. The van der Waals surface area contributed by atoms with Gasteiger partial charge >= 0.3 is 0 Å². The van der Waals surface area contributed by atoms with Gasteiger partial charge in [0.15, 0.2) is 0 Å². The van der Waals surface area contributed by atoms with Crippen molar-refractivity contribution in [1.29, 1.82) is 0 Å². The van der Waals surface area contributed by atoms with Gasteiger partial charge in [-0.1, -0.05) is 18.2 Å². The van der Waals surface area contributed by atoms with Gasteiger partial charge in [-0.05, 0) is 6.08 Å². The van der Waals surface area contributed by atoms with Gasteiger partial charge in [0.1, 0.15) is 0 Å². The van der Waals surface area contributed by atoms with Crippen LogP contribution in [-0.4, -0.2) is 12.8 Å². The van der Waals surface area contributed by atoms with Gasteiger partial charge in [-0.15, -0.1) is 0 Å². The highest BCUT2D eigenvalue weighted by atomic mass is 15.1. The van der Waals surface area contributed by atoms with Crippen LogP contribution in [-0.2, 0) is 0 Å². The maximum Gasteiger partial charge on any atom is 0.0913 e. The van der Waals surface area contributed by atoms with Gasteiger partial charge in [-0.2, -0.15) is 5.10 Å². The van der Waals surface area contributed by atoms with Crippen LogP contribution in [0.5, 0.6) is 0 Å². The summed E-state index contributed by atoms with van der Waals surface area (Å²) in [6, 6.07) is 0. The normalized spacial score (nSPS) is 23.0. The van der Waals surface area contributed by atoms with Gasteiger partial charge in [0.2, 0.25) is 0 Å². The van der Waals surface area contributed by atoms with Crippen LogP contribution in [0.4, 0.5) is 0 Å². The topological polar surface area (TPSA) is 50.4 Å². The van der Waals surface area contributed by atoms with E-state index >= 15 is 0 Å². The fourth-order valence-corrected chi connectivity index (χ4v) is 0.883. The number of hydrogen-bond donors (Lipinski definition) is 2. The lowest BCUT2D eigenvalue weighted by molar-refractivity contribution is 1.09. The van der Waals surface area contributed by atoms with E-state index < -0.39 is 0 Å². The number of rotatable bonds is 1. The average Bonchev–Trinajstić information content (AvgIpc) is 2.06. The molecule has 0 aromatic carbocycles. The third kappa shape index (κ3) is 1.70. The summed E-state index contributed by atoms with van der Waals surface area (Å²) in [7, 11) is 1.84. The molecule has 0 fully saturated rings. The minimum absolute atomic E-state index is 0.793. The van der Waals surface area contributed by atoms with E-state index in [-0.39, 0.29) is 0 Å². The van der Waals surface area contributed by atoms with Crippen molar-refractivity contribution in [3.05, 3.63) is 36.1 Å². The molecular weight excluding hydrogens is 138 g/mol. The molecule has 0 atom stereocenters. The van der Waals surface area contributed by atoms with Crippen LogP contribution < -0.4 is 11.2 Å². The Bertz CT molecular complexity index is 246. The van der Waals surface area contributed by atoms with Crippen LogP contribution in [0.25, 0.3) is 0 Å². The number of nitrogens with two attached hydrogens (primary N) is 1. The molecule has 0 spiro atoms. The minimum Gasteiger partial charge on any atom is -0.393 e. The fraction of sp³-hybridized carbons (Fsp3) is 0.125. The zero-order valence-corrected chi connectivity index (χ0v) is 6.41. The highest BCUT2D eigenvalue weighted by Gasteiger charge is 2.01. The Hall–Kier alpha value is -1.51. The Balaban J connectivity index is 2.88. The Morgan fingerprint density at radius 1 is 1.45 bits per heavy atom. The molecule has 0 amide bonds. The van der Waals surface area contributed by atoms with E-state index in [0.29, 0.717) is 0 Å². The smallest absolute Gasteiger partial charge is 0.0913 e. The summed E-state index contributed by atoms with van der Waals surface area (Å²) < 4.78 is 0. The largest absolute Gasteiger partial charge is 0.393 e. The van der Waals surface area contributed by atoms with E-state index in [9.17, 15) is 0 Å². The van der Waals surface area contributed by atoms with E-state index in [1.165, 1.54) is 0 Å². The summed E-state index contributed by atoms with van der Waals surface area (Å²) in [6.07, 6.45) is 9.51. The predicted molar refractivity (Wildman–Crippen MR) is 47.0 cm³/mol. The second kappa shape index (κ2) is 3.61. The molecule has 3 nitrogen and oxygen atoms in total. The molecule has 3 heteroatoms. The molecule has 11 heavy (non-hydrogen) atoms. The second-order valence-corrected chi connectivity index (χ2v) is 2.12. The SMILES string of the molecule is CN/C=C1/C=CC=C/C1=N\N. The van der Waals surface area contributed by atoms with Crippen LogP contribution in [0.1, 0.15) is 0 Å². The summed E-state index contributed by atoms with van der Waals surface area (Å²) in [5.41, 5.74) is 1.79. The summed E-state index contributed by atoms with van der Waals surface area (Å²) in [4.78, 5) is 0. The minimum atomic E-state index is 0.793. The summed E-state index contributed by atoms with van der Waals surface area (Å²) in [5, 5.41) is 6.54. The van der Waals surface area contributed by atoms with Crippen LogP contribution in [0.15, 0.2) is 41.2 Å². The van der Waals surface area contributed by atoms with Gasteiger partial charge in [0, 0.05) is 18.8 Å². The lowest BCUT2D eigenvalue weighted by atomic mass is 10.1. The highest BCUT2D eigenvalue weighted by molar-refractivity contribution is 6.11. The zero-order valence-electron chi connectivity index (χ0n) is 6.41. The zero-order chi connectivity index (χ0) is 8.10. The first kappa shape index (κ1) is 7.60. The molecule has 58 valence electrons. The van der Waals surface area contributed by atoms with E-state index in [0.717, 1.165) is 11.3 Å². The number of hydrazone groups is 1. The van der Waals surface area contributed by atoms with E-state index in [1.54, 1.807) is 0 Å². The molecule has 0 bridgehead atoms. The van der Waals surface area contributed by atoms with Crippen molar-refractivity contribution in [2.24, 2.45) is 10.9 Å². The van der Waals surface area contributed by atoms with Gasteiger partial charge < -0.3 is 11.2 Å². The maximum absolute atomic E-state index is 5.16. The van der Waals surface area contributed by atoms with Crippen LogP contribution >= 0.6 is 0 Å². The summed E-state index contributed by atoms with van der Waals surface area (Å²) >= 11 is 0. The van der Waals surface area contributed by atoms with E-state index in [4.69, 9.17) is 5.84 Å². The summed E-state index contributed by atoms with van der Waals surface area (Å²) in [6.45, 7) is 0. The average molecular weight is 149 g/mol. The molecule has 1 aliphatic rings. The van der Waals surface area contributed by atoms with Crippen molar-refractivity contribution in [2.75, 3.05) is 7.05 Å². The van der Waals surface area contributed by atoms with Crippen LogP contribution in [0.2, 0.25) is 0 Å². The first-order valence-electron chi connectivity index (χ1n) is 3.39. The van der Waals surface area contributed by atoms with Gasteiger partial charge in [-0.25, -0.2) is 0 Å². The quantitative estimate of drug-likeness (QED) is 0.422. The first-order chi connectivity index (χ1) is 5.38. The Kier molecular flexibility index (Phi) is 2.49. The predicted octanol–water partition coefficient (Wildman–Crippen LogP) is 0.530. The Labute approximate surface area is 66.0 Å². The van der Waals surface area contributed by atoms with Crippen molar-refractivity contribution in [3.63, 3.8) is 0 Å². The third-order valence-electron chi connectivity index (χ3n) is 1.38. The third-order valence-corrected chi connectivity index (χ3v) is 1.38. The molecule has 0 unspecified atom stereocenters. The first-order valence-corrected chi connectivity index (χ1v) is 3.39. The molecule has 1 aliphatic carbocycles. The fourth-order valence-electron chi connectivity index (χ4n) is 0.883. The molecule has 1 rings (SSSR count). The van der Waals surface area contributed by atoms with Crippen LogP contribution in [0.3, 0.4) is 0 Å². The lowest BCUT2D eigenvalue weighted by Gasteiger charge is -2.03. The highest BCUT2D eigenvalue weighted by Crippen LogP contribution is 2.05. The number of nitrogens with one attached hydrogen (secondary N) is 1. The molecule has 0 radical (unpaired) electrons. The van der Waals surface area contributed by atoms with Crippen molar-refractivity contribution in [1.82, 2.24) is 5.32 Å². The van der Waals surface area contributed by atoms with Gasteiger partial charge in [-0.3, -0.25) is 0 Å². The van der Waals surface area contributed by atoms with Crippen LogP contribution in [0, 0.1) is 0 Å². The molecule has 0 heterocycles. The lowest BCUT2D eigenvalue weighted by Crippen LogP contribution is -2.07. The van der Waals surface area contributed by atoms with Crippen molar-refractivity contribution >= 4 is 5.71 Å². The molecule has 3 N–H and O–H groups in total. The second-order valence-electron chi connectivity index (χ2n) is 2.12. The van der Waals surface area contributed by atoms with E-state index in [2.05, 4.69) is 10.4 Å². The molecule has 0 aliphatic heterocycles. The molecule has 0 aromatic heterocycles. The number of hydrogen-bond acceptors (Lipinski definition) is 3.